The van der Waals surface area contributed by atoms with E-state index >= 15 is 0 Å². The second-order valence-corrected chi connectivity index (χ2v) is 4.17. The Hall–Kier alpha value is -1.62. The van der Waals surface area contributed by atoms with Gasteiger partial charge in [-0.2, -0.15) is 0 Å². The second kappa shape index (κ2) is 5.14. The maximum atomic E-state index is 10.5. The second-order valence-electron chi connectivity index (χ2n) is 4.17. The van der Waals surface area contributed by atoms with Gasteiger partial charge in [0.15, 0.2) is 0 Å². The molecule has 1 atom stereocenters. The molecule has 1 aromatic rings. The van der Waals surface area contributed by atoms with Crippen molar-refractivity contribution in [2.75, 3.05) is 19.6 Å². The molecule has 1 fully saturated rings. The van der Waals surface area contributed by atoms with Crippen LogP contribution >= 0.6 is 0 Å². The number of nitrogens with zero attached hydrogens (tertiary/aromatic N) is 2. The van der Waals surface area contributed by atoms with Gasteiger partial charge < -0.3 is 4.74 Å². The number of hydrogen-bond donors (Lipinski definition) is 0. The summed E-state index contributed by atoms with van der Waals surface area (Å²) < 4.78 is 5.78. The average Bonchev–Trinajstić information content (AvgIpc) is 2.77. The van der Waals surface area contributed by atoms with Crippen molar-refractivity contribution in [2.24, 2.45) is 0 Å². The average molecular weight is 236 g/mol. The number of non-ortho nitro benzene ring substituents is 1. The molecule has 0 radical (unpaired) electrons. The highest BCUT2D eigenvalue weighted by Gasteiger charge is 2.22. The summed E-state index contributed by atoms with van der Waals surface area (Å²) in [6.45, 7) is 5.18. The minimum atomic E-state index is -0.405. The van der Waals surface area contributed by atoms with Gasteiger partial charge in [-0.15, -0.1) is 0 Å². The first-order chi connectivity index (χ1) is 8.19. The number of ether oxygens (including phenoxy) is 1. The van der Waals surface area contributed by atoms with Crippen LogP contribution in [0, 0.1) is 10.1 Å². The first kappa shape index (κ1) is 11.9. The smallest absolute Gasteiger partial charge is 0.269 e. The number of nitro benzene ring substituents is 1. The molecule has 0 spiro atoms. The van der Waals surface area contributed by atoms with E-state index in [0.29, 0.717) is 5.75 Å². The molecule has 1 aliphatic rings. The van der Waals surface area contributed by atoms with Gasteiger partial charge in [-0.3, -0.25) is 15.0 Å². The number of likely N-dealkylation sites (tertiary alicyclic amines) is 1. The van der Waals surface area contributed by atoms with Gasteiger partial charge in [0.05, 0.1) is 4.92 Å². The van der Waals surface area contributed by atoms with Crippen LogP contribution in [0.4, 0.5) is 5.69 Å². The predicted octanol–water partition coefficient (Wildman–Crippen LogP) is 2.07. The molecule has 1 aromatic carbocycles. The number of nitro groups is 1. The predicted molar refractivity (Wildman–Crippen MR) is 64.2 cm³/mol. The van der Waals surface area contributed by atoms with Gasteiger partial charge in [0, 0.05) is 25.2 Å². The highest BCUT2D eigenvalue weighted by molar-refractivity contribution is 5.36. The fourth-order valence-corrected chi connectivity index (χ4v) is 2.02. The lowest BCUT2D eigenvalue weighted by atomic mass is 10.3. The first-order valence-electron chi connectivity index (χ1n) is 5.82. The van der Waals surface area contributed by atoms with Gasteiger partial charge in [-0.1, -0.05) is 6.92 Å². The summed E-state index contributed by atoms with van der Waals surface area (Å²) in [5.74, 6) is 0.707. The van der Waals surface area contributed by atoms with Crippen molar-refractivity contribution in [3.63, 3.8) is 0 Å². The zero-order valence-electron chi connectivity index (χ0n) is 9.83. The summed E-state index contributed by atoms with van der Waals surface area (Å²) in [4.78, 5) is 12.4. The zero-order chi connectivity index (χ0) is 12.3. The van der Waals surface area contributed by atoms with E-state index < -0.39 is 4.92 Å². The van der Waals surface area contributed by atoms with E-state index in [1.807, 2.05) is 0 Å². The van der Waals surface area contributed by atoms with E-state index in [-0.39, 0.29) is 11.8 Å². The molecule has 2 rings (SSSR count). The minimum absolute atomic E-state index is 0.0963. The lowest BCUT2D eigenvalue weighted by molar-refractivity contribution is -0.384. The molecule has 5 heteroatoms. The van der Waals surface area contributed by atoms with E-state index in [1.165, 1.54) is 12.1 Å². The summed E-state index contributed by atoms with van der Waals surface area (Å²) in [5, 5.41) is 10.5. The Morgan fingerprint density at radius 2 is 2.18 bits per heavy atom. The van der Waals surface area contributed by atoms with Crippen molar-refractivity contribution in [1.29, 1.82) is 0 Å². The monoisotopic (exact) mass is 236 g/mol. The van der Waals surface area contributed by atoms with Crippen LogP contribution in [0.15, 0.2) is 24.3 Å². The number of benzene rings is 1. The molecular weight excluding hydrogens is 220 g/mol. The summed E-state index contributed by atoms with van der Waals surface area (Å²) in [6, 6.07) is 6.27. The molecule has 0 N–H and O–H groups in total. The van der Waals surface area contributed by atoms with Gasteiger partial charge in [0.25, 0.3) is 5.69 Å². The third-order valence-electron chi connectivity index (χ3n) is 3.03. The Kier molecular flexibility index (Phi) is 3.58. The van der Waals surface area contributed by atoms with Crippen LogP contribution in [-0.4, -0.2) is 35.6 Å². The molecule has 1 saturated heterocycles. The minimum Gasteiger partial charge on any atom is -0.489 e. The van der Waals surface area contributed by atoms with Gasteiger partial charge in [-0.05, 0) is 25.1 Å². The topological polar surface area (TPSA) is 55.6 Å². The van der Waals surface area contributed by atoms with Crippen molar-refractivity contribution in [2.45, 2.75) is 19.4 Å². The normalized spacial score (nSPS) is 20.4. The molecule has 0 aromatic heterocycles. The Morgan fingerprint density at radius 3 is 2.71 bits per heavy atom. The van der Waals surface area contributed by atoms with Crippen LogP contribution in [0.5, 0.6) is 5.75 Å². The first-order valence-corrected chi connectivity index (χ1v) is 5.82. The van der Waals surface area contributed by atoms with Crippen LogP contribution in [-0.2, 0) is 0 Å². The number of rotatable bonds is 4. The number of likely N-dealkylation sites (N-methyl/N-ethyl adjacent to an activating group) is 1. The van der Waals surface area contributed by atoms with Crippen LogP contribution in [0.1, 0.15) is 13.3 Å². The van der Waals surface area contributed by atoms with Crippen LogP contribution < -0.4 is 4.74 Å². The molecule has 17 heavy (non-hydrogen) atoms. The fourth-order valence-electron chi connectivity index (χ4n) is 2.02. The fraction of sp³-hybridized carbons (Fsp3) is 0.500. The molecule has 1 unspecified atom stereocenters. The molecule has 1 aliphatic heterocycles. The molecule has 0 amide bonds. The van der Waals surface area contributed by atoms with Crippen molar-refractivity contribution in [3.8, 4) is 5.75 Å². The van der Waals surface area contributed by atoms with Crippen LogP contribution in [0.25, 0.3) is 0 Å². The third kappa shape index (κ3) is 2.94. The van der Waals surface area contributed by atoms with Crippen molar-refractivity contribution in [3.05, 3.63) is 34.4 Å². The van der Waals surface area contributed by atoms with Gasteiger partial charge >= 0.3 is 0 Å². The molecule has 5 nitrogen and oxygen atoms in total. The van der Waals surface area contributed by atoms with Crippen LogP contribution in [0.3, 0.4) is 0 Å². The molecular formula is C12H16N2O3. The Labute approximate surface area is 100 Å². The molecule has 0 bridgehead atoms. The highest BCUT2D eigenvalue weighted by Crippen LogP contribution is 2.21. The molecule has 0 saturated carbocycles. The highest BCUT2D eigenvalue weighted by atomic mass is 16.6. The van der Waals surface area contributed by atoms with E-state index in [4.69, 9.17) is 4.74 Å². The SMILES string of the molecule is CCN1CCC(Oc2ccc([N+](=O)[O-])cc2)C1. The Bertz CT molecular complexity index is 391. The quantitative estimate of drug-likeness (QED) is 0.593. The maximum absolute atomic E-state index is 10.5. The lowest BCUT2D eigenvalue weighted by Crippen LogP contribution is -2.24. The maximum Gasteiger partial charge on any atom is 0.269 e. The van der Waals surface area contributed by atoms with E-state index in [2.05, 4.69) is 11.8 Å². The lowest BCUT2D eigenvalue weighted by Gasteiger charge is -2.14. The molecule has 92 valence electrons. The standard InChI is InChI=1S/C12H16N2O3/c1-2-13-8-7-12(9-13)17-11-5-3-10(4-6-11)14(15)16/h3-6,12H,2,7-9H2,1H3. The summed E-state index contributed by atoms with van der Waals surface area (Å²) in [5.41, 5.74) is 0.0963. The van der Waals surface area contributed by atoms with Gasteiger partial charge in [0.1, 0.15) is 11.9 Å². The summed E-state index contributed by atoms with van der Waals surface area (Å²) in [7, 11) is 0. The van der Waals surface area contributed by atoms with Crippen LogP contribution in [0.2, 0.25) is 0 Å². The summed E-state index contributed by atoms with van der Waals surface area (Å²) in [6.07, 6.45) is 1.22. The molecule has 0 aliphatic carbocycles. The van der Waals surface area contributed by atoms with E-state index in [0.717, 1.165) is 26.1 Å². The van der Waals surface area contributed by atoms with Crippen molar-refractivity contribution < 1.29 is 9.66 Å². The van der Waals surface area contributed by atoms with Crippen molar-refractivity contribution >= 4 is 5.69 Å². The van der Waals surface area contributed by atoms with Gasteiger partial charge in [-0.25, -0.2) is 0 Å². The summed E-state index contributed by atoms with van der Waals surface area (Å²) >= 11 is 0. The zero-order valence-corrected chi connectivity index (χ0v) is 9.83. The third-order valence-corrected chi connectivity index (χ3v) is 3.03. The van der Waals surface area contributed by atoms with E-state index in [9.17, 15) is 10.1 Å². The van der Waals surface area contributed by atoms with Crippen molar-refractivity contribution in [1.82, 2.24) is 4.90 Å². The van der Waals surface area contributed by atoms with E-state index in [1.54, 1.807) is 12.1 Å². The largest absolute Gasteiger partial charge is 0.489 e. The molecule has 1 heterocycles. The Morgan fingerprint density at radius 1 is 1.47 bits per heavy atom. The number of hydrogen-bond acceptors (Lipinski definition) is 4. The Balaban J connectivity index is 1.93. The van der Waals surface area contributed by atoms with Gasteiger partial charge in [0.2, 0.25) is 0 Å².